The molecule has 0 aliphatic heterocycles. The van der Waals surface area contributed by atoms with Gasteiger partial charge in [0.1, 0.15) is 5.03 Å². The summed E-state index contributed by atoms with van der Waals surface area (Å²) in [6.07, 6.45) is 2.97. The molecule has 1 aromatic heterocycles. The number of pyridine rings is 1. The fourth-order valence-corrected chi connectivity index (χ4v) is 4.56. The summed E-state index contributed by atoms with van der Waals surface area (Å²) in [5, 5.41) is 4.62. The van der Waals surface area contributed by atoms with Gasteiger partial charge in [0.25, 0.3) is 0 Å². The van der Waals surface area contributed by atoms with E-state index in [0.29, 0.717) is 0 Å². The van der Waals surface area contributed by atoms with Crippen LogP contribution in [0.25, 0.3) is 0 Å². The van der Waals surface area contributed by atoms with Gasteiger partial charge in [0.05, 0.1) is 0 Å². The Bertz CT molecular complexity index is 350. The summed E-state index contributed by atoms with van der Waals surface area (Å²) in [7, 11) is 3.66. The van der Waals surface area contributed by atoms with E-state index in [-0.39, 0.29) is 10.3 Å². The van der Waals surface area contributed by atoms with Crippen LogP contribution in [0.15, 0.2) is 29.4 Å². The minimum atomic E-state index is 0.177. The van der Waals surface area contributed by atoms with E-state index in [0.717, 1.165) is 18.0 Å². The molecule has 1 N–H and O–H groups in total. The van der Waals surface area contributed by atoms with Crippen LogP contribution in [0.2, 0.25) is 0 Å². The molecule has 0 amide bonds. The van der Waals surface area contributed by atoms with Crippen LogP contribution in [0.4, 0.5) is 0 Å². The van der Waals surface area contributed by atoms with Gasteiger partial charge in [-0.05, 0) is 63.6 Å². The maximum absolute atomic E-state index is 4.34. The molecule has 18 heavy (non-hydrogen) atoms. The van der Waals surface area contributed by atoms with E-state index in [9.17, 15) is 0 Å². The molecule has 4 heteroatoms. The Kier molecular flexibility index (Phi) is 6.02. The van der Waals surface area contributed by atoms with Gasteiger partial charge in [-0.15, -0.1) is 0 Å². The average Bonchev–Trinajstić information content (AvgIpc) is 2.26. The maximum atomic E-state index is 4.34. The Hall–Kier alpha value is -0.190. The second-order valence-corrected chi connectivity index (χ2v) is 8.54. The van der Waals surface area contributed by atoms with E-state index in [2.05, 4.69) is 51.0 Å². The first-order valence-electron chi connectivity index (χ1n) is 6.36. The smallest absolute Gasteiger partial charge is 0.106 e. The Balaban J connectivity index is 2.49. The lowest BCUT2D eigenvalue weighted by molar-refractivity contribution is 0.341. The van der Waals surface area contributed by atoms with Crippen molar-refractivity contribution in [1.29, 1.82) is 0 Å². The molecule has 0 aliphatic carbocycles. The van der Waals surface area contributed by atoms with Gasteiger partial charge in [-0.3, -0.25) is 0 Å². The SMILES string of the molecule is CCNC(C)(C)CC(C)(C)SSc1ccccn1. The molecule has 0 aliphatic rings. The Labute approximate surface area is 119 Å². The van der Waals surface area contributed by atoms with Gasteiger partial charge >= 0.3 is 0 Å². The Morgan fingerprint density at radius 2 is 1.94 bits per heavy atom. The van der Waals surface area contributed by atoms with Crippen LogP contribution in [-0.2, 0) is 0 Å². The van der Waals surface area contributed by atoms with Crippen LogP contribution < -0.4 is 5.32 Å². The lowest BCUT2D eigenvalue weighted by atomic mass is 9.92. The number of nitrogens with zero attached hydrogens (tertiary/aromatic N) is 1. The Morgan fingerprint density at radius 3 is 2.50 bits per heavy atom. The highest BCUT2D eigenvalue weighted by molar-refractivity contribution is 8.77. The number of hydrogen-bond acceptors (Lipinski definition) is 4. The lowest BCUT2D eigenvalue weighted by Crippen LogP contribution is -2.43. The van der Waals surface area contributed by atoms with E-state index in [4.69, 9.17) is 0 Å². The fourth-order valence-electron chi connectivity index (χ4n) is 2.19. The van der Waals surface area contributed by atoms with Gasteiger partial charge in [-0.25, -0.2) is 4.98 Å². The summed E-state index contributed by atoms with van der Waals surface area (Å²) >= 11 is 0. The van der Waals surface area contributed by atoms with Crippen LogP contribution in [0.1, 0.15) is 41.0 Å². The third-order valence-corrected chi connectivity index (χ3v) is 5.72. The van der Waals surface area contributed by atoms with Crippen LogP contribution >= 0.6 is 21.6 Å². The zero-order valence-electron chi connectivity index (χ0n) is 12.0. The van der Waals surface area contributed by atoms with Crippen LogP contribution in [-0.4, -0.2) is 21.8 Å². The number of hydrogen-bond donors (Lipinski definition) is 1. The summed E-state index contributed by atoms with van der Waals surface area (Å²) in [6, 6.07) is 6.04. The topological polar surface area (TPSA) is 24.9 Å². The molecule has 0 radical (unpaired) electrons. The van der Waals surface area contributed by atoms with Gasteiger partial charge < -0.3 is 5.32 Å². The third kappa shape index (κ3) is 6.12. The van der Waals surface area contributed by atoms with Gasteiger partial charge in [0, 0.05) is 16.5 Å². The molecule has 0 aromatic carbocycles. The van der Waals surface area contributed by atoms with E-state index in [1.165, 1.54) is 0 Å². The van der Waals surface area contributed by atoms with Gasteiger partial charge in [-0.2, -0.15) is 0 Å². The van der Waals surface area contributed by atoms with E-state index >= 15 is 0 Å². The molecule has 0 saturated heterocycles. The lowest BCUT2D eigenvalue weighted by Gasteiger charge is -2.34. The molecule has 1 heterocycles. The molecule has 0 unspecified atom stereocenters. The number of nitrogens with one attached hydrogen (secondary N) is 1. The molecule has 1 rings (SSSR count). The molecule has 0 spiro atoms. The average molecular weight is 284 g/mol. The third-order valence-electron chi connectivity index (χ3n) is 2.51. The molecular formula is C14H24N2S2. The van der Waals surface area contributed by atoms with Crippen molar-refractivity contribution in [2.75, 3.05) is 6.54 Å². The van der Waals surface area contributed by atoms with Crippen LogP contribution in [0.3, 0.4) is 0 Å². The van der Waals surface area contributed by atoms with Crippen molar-refractivity contribution in [1.82, 2.24) is 10.3 Å². The molecule has 0 saturated carbocycles. The van der Waals surface area contributed by atoms with Crippen molar-refractivity contribution in [2.45, 2.75) is 56.4 Å². The first-order chi connectivity index (χ1) is 8.35. The molecule has 0 fully saturated rings. The molecule has 2 nitrogen and oxygen atoms in total. The van der Waals surface area contributed by atoms with Crippen molar-refractivity contribution in [3.63, 3.8) is 0 Å². The van der Waals surface area contributed by atoms with Gasteiger partial charge in [0.15, 0.2) is 0 Å². The highest BCUT2D eigenvalue weighted by atomic mass is 33.1. The maximum Gasteiger partial charge on any atom is 0.106 e. The summed E-state index contributed by atoms with van der Waals surface area (Å²) in [6.45, 7) is 12.3. The molecule has 1 aromatic rings. The molecule has 0 bridgehead atoms. The Morgan fingerprint density at radius 1 is 1.22 bits per heavy atom. The monoisotopic (exact) mass is 284 g/mol. The van der Waals surface area contributed by atoms with Crippen molar-refractivity contribution in [3.8, 4) is 0 Å². The molecule has 102 valence electrons. The number of rotatable bonds is 7. The summed E-state index contributed by atoms with van der Waals surface area (Å²) in [4.78, 5) is 4.34. The summed E-state index contributed by atoms with van der Waals surface area (Å²) < 4.78 is 0.216. The minimum absolute atomic E-state index is 0.177. The van der Waals surface area contributed by atoms with Crippen molar-refractivity contribution >= 4 is 21.6 Å². The standard InChI is InChI=1S/C14H24N2S2/c1-6-16-13(2,3)11-14(4,5)18-17-12-9-7-8-10-15-12/h7-10,16H,6,11H2,1-5H3. The molecule has 0 atom stereocenters. The minimum Gasteiger partial charge on any atom is -0.312 e. The van der Waals surface area contributed by atoms with Crippen LogP contribution in [0.5, 0.6) is 0 Å². The van der Waals surface area contributed by atoms with E-state index in [1.54, 1.807) is 10.8 Å². The predicted octanol–water partition coefficient (Wildman–Crippen LogP) is 4.38. The summed E-state index contributed by atoms with van der Waals surface area (Å²) in [5.41, 5.74) is 0.177. The van der Waals surface area contributed by atoms with Crippen molar-refractivity contribution in [3.05, 3.63) is 24.4 Å². The predicted molar refractivity (Wildman–Crippen MR) is 84.1 cm³/mol. The second kappa shape index (κ2) is 6.83. The van der Waals surface area contributed by atoms with Gasteiger partial charge in [0.2, 0.25) is 0 Å². The fraction of sp³-hybridized carbons (Fsp3) is 0.643. The van der Waals surface area contributed by atoms with Crippen LogP contribution in [0, 0.1) is 0 Å². The first-order valence-corrected chi connectivity index (χ1v) is 8.51. The van der Waals surface area contributed by atoms with E-state index < -0.39 is 0 Å². The van der Waals surface area contributed by atoms with E-state index in [1.807, 2.05) is 29.1 Å². The molecular weight excluding hydrogens is 260 g/mol. The largest absolute Gasteiger partial charge is 0.312 e. The normalized spacial score (nSPS) is 12.7. The van der Waals surface area contributed by atoms with Crippen molar-refractivity contribution in [2.24, 2.45) is 0 Å². The van der Waals surface area contributed by atoms with Gasteiger partial charge in [-0.1, -0.05) is 23.8 Å². The highest BCUT2D eigenvalue weighted by Crippen LogP contribution is 2.43. The quantitative estimate of drug-likeness (QED) is 0.751. The second-order valence-electron chi connectivity index (χ2n) is 5.69. The van der Waals surface area contributed by atoms with Crippen molar-refractivity contribution < 1.29 is 0 Å². The number of aromatic nitrogens is 1. The summed E-state index contributed by atoms with van der Waals surface area (Å²) in [5.74, 6) is 0. The zero-order chi connectivity index (χ0) is 13.6. The highest BCUT2D eigenvalue weighted by Gasteiger charge is 2.29. The first kappa shape index (κ1) is 15.9. The zero-order valence-corrected chi connectivity index (χ0v) is 13.6.